The molecule has 24 heavy (non-hydrogen) atoms. The van der Waals surface area contributed by atoms with Crippen molar-refractivity contribution < 1.29 is 0 Å². The molecule has 4 nitrogen and oxygen atoms in total. The molecule has 1 atom stereocenters. The second-order valence-electron chi connectivity index (χ2n) is 7.24. The number of likely N-dealkylation sites (tertiary alicyclic amines) is 1. The first-order chi connectivity index (χ1) is 11.6. The first-order valence-corrected chi connectivity index (χ1v) is 10.1. The highest BCUT2D eigenvalue weighted by atomic mass is 32.1. The van der Waals surface area contributed by atoms with Crippen molar-refractivity contribution in [3.8, 4) is 0 Å². The fourth-order valence-corrected chi connectivity index (χ4v) is 4.61. The van der Waals surface area contributed by atoms with Crippen molar-refractivity contribution in [1.82, 2.24) is 14.9 Å². The summed E-state index contributed by atoms with van der Waals surface area (Å²) in [5, 5.41) is 0.831. The number of hydrogen-bond acceptors (Lipinski definition) is 4. The highest BCUT2D eigenvalue weighted by molar-refractivity contribution is 7.18. The van der Waals surface area contributed by atoms with Crippen LogP contribution >= 0.6 is 11.3 Å². The van der Waals surface area contributed by atoms with Crippen molar-refractivity contribution in [1.29, 1.82) is 0 Å². The summed E-state index contributed by atoms with van der Waals surface area (Å²) < 4.78 is 0. The summed E-state index contributed by atoms with van der Waals surface area (Å²) in [6, 6.07) is 0. The molecule has 0 spiro atoms. The van der Waals surface area contributed by atoms with Gasteiger partial charge in [0.2, 0.25) is 0 Å². The fourth-order valence-electron chi connectivity index (χ4n) is 3.54. The zero-order valence-corrected chi connectivity index (χ0v) is 16.0. The third-order valence-corrected chi connectivity index (χ3v) is 6.27. The molecule has 3 heterocycles. The Morgan fingerprint density at radius 3 is 2.62 bits per heavy atom. The predicted molar refractivity (Wildman–Crippen MR) is 102 cm³/mol. The van der Waals surface area contributed by atoms with Crippen LogP contribution in [-0.4, -0.2) is 28.0 Å². The first-order valence-electron chi connectivity index (χ1n) is 9.32. The number of nitrogens with one attached hydrogen (secondary N) is 1. The zero-order chi connectivity index (χ0) is 17.1. The molecule has 1 N–H and O–H groups in total. The van der Waals surface area contributed by atoms with Crippen LogP contribution in [0.1, 0.15) is 62.2 Å². The molecule has 1 aliphatic heterocycles. The Morgan fingerprint density at radius 1 is 1.25 bits per heavy atom. The van der Waals surface area contributed by atoms with Crippen LogP contribution in [0, 0.1) is 12.8 Å². The molecule has 0 aromatic carbocycles. The van der Waals surface area contributed by atoms with E-state index in [1.165, 1.54) is 36.1 Å². The minimum Gasteiger partial charge on any atom is -0.309 e. The Kier molecular flexibility index (Phi) is 5.72. The maximum absolute atomic E-state index is 12.7. The first kappa shape index (κ1) is 17.6. The largest absolute Gasteiger partial charge is 0.309 e. The normalized spacial score (nSPS) is 18.0. The molecule has 0 radical (unpaired) electrons. The molecule has 132 valence electrons. The average molecular weight is 348 g/mol. The van der Waals surface area contributed by atoms with Gasteiger partial charge in [-0.2, -0.15) is 0 Å². The summed E-state index contributed by atoms with van der Waals surface area (Å²) in [6.45, 7) is 9.57. The molecule has 0 unspecified atom stereocenters. The summed E-state index contributed by atoms with van der Waals surface area (Å²) in [4.78, 5) is 25.2. The van der Waals surface area contributed by atoms with Crippen LogP contribution < -0.4 is 5.56 Å². The van der Waals surface area contributed by atoms with E-state index in [4.69, 9.17) is 4.98 Å². The lowest BCUT2D eigenvalue weighted by Crippen LogP contribution is -2.26. The lowest BCUT2D eigenvalue weighted by molar-refractivity contribution is 0.270. The van der Waals surface area contributed by atoms with Crippen LogP contribution in [0.5, 0.6) is 0 Å². The number of fused-ring (bicyclic) bond motifs is 1. The molecule has 0 saturated carbocycles. The zero-order valence-electron chi connectivity index (χ0n) is 15.2. The third kappa shape index (κ3) is 3.89. The lowest BCUT2D eigenvalue weighted by atomic mass is 9.98. The van der Waals surface area contributed by atoms with E-state index < -0.39 is 0 Å². The molecule has 1 fully saturated rings. The monoisotopic (exact) mass is 347 g/mol. The topological polar surface area (TPSA) is 49.0 Å². The molecule has 0 bridgehead atoms. The van der Waals surface area contributed by atoms with Crippen LogP contribution in [0.2, 0.25) is 0 Å². The van der Waals surface area contributed by atoms with Crippen LogP contribution in [-0.2, 0) is 13.0 Å². The van der Waals surface area contributed by atoms with E-state index in [-0.39, 0.29) is 5.56 Å². The molecule has 1 saturated heterocycles. The molecule has 3 rings (SSSR count). The van der Waals surface area contributed by atoms with Gasteiger partial charge in [-0.05, 0) is 50.8 Å². The summed E-state index contributed by atoms with van der Waals surface area (Å²) in [7, 11) is 0. The van der Waals surface area contributed by atoms with E-state index in [1.807, 2.05) is 0 Å². The molecular weight excluding hydrogens is 318 g/mol. The van der Waals surface area contributed by atoms with Crippen molar-refractivity contribution in [3.05, 3.63) is 26.6 Å². The Bertz CT molecular complexity index is 741. The van der Waals surface area contributed by atoms with E-state index in [2.05, 4.69) is 30.7 Å². The van der Waals surface area contributed by atoms with Gasteiger partial charge in [0, 0.05) is 4.88 Å². The van der Waals surface area contributed by atoms with Gasteiger partial charge < -0.3 is 4.98 Å². The summed E-state index contributed by atoms with van der Waals surface area (Å²) >= 11 is 1.68. The summed E-state index contributed by atoms with van der Waals surface area (Å²) in [6.07, 6.45) is 7.26. The molecular formula is C19H29N3OS. The molecule has 0 aliphatic carbocycles. The number of thiophene rings is 1. The average Bonchev–Trinajstić information content (AvgIpc) is 2.73. The summed E-state index contributed by atoms with van der Waals surface area (Å²) in [5.74, 6) is 1.42. The Balaban J connectivity index is 1.89. The number of hydrogen-bond donors (Lipinski definition) is 1. The molecule has 5 heteroatoms. The number of nitrogens with zero attached hydrogens (tertiary/aromatic N) is 2. The van der Waals surface area contributed by atoms with Crippen molar-refractivity contribution in [2.24, 2.45) is 5.92 Å². The van der Waals surface area contributed by atoms with Crippen LogP contribution in [0.4, 0.5) is 0 Å². The minimum absolute atomic E-state index is 0.0486. The number of H-pyrrole nitrogens is 1. The van der Waals surface area contributed by atoms with Crippen LogP contribution in [0.3, 0.4) is 0 Å². The third-order valence-electron chi connectivity index (χ3n) is 5.23. The standard InChI is InChI=1S/C19H29N3OS/c1-4-13(2)11-15-14(3)24-19-17(15)18(23)20-16(21-19)12-22-9-7-5-6-8-10-22/h13H,4-12H2,1-3H3,(H,20,21,23)/t13-/m0/s1. The van der Waals surface area contributed by atoms with Crippen molar-refractivity contribution in [2.45, 2.75) is 65.8 Å². The van der Waals surface area contributed by atoms with Gasteiger partial charge in [0.15, 0.2) is 0 Å². The summed E-state index contributed by atoms with van der Waals surface area (Å²) in [5.41, 5.74) is 1.26. The van der Waals surface area contributed by atoms with Crippen LogP contribution in [0.25, 0.3) is 10.2 Å². The highest BCUT2D eigenvalue weighted by Gasteiger charge is 2.18. The molecule has 1 aliphatic rings. The second-order valence-corrected chi connectivity index (χ2v) is 8.44. The van der Waals surface area contributed by atoms with Crippen molar-refractivity contribution in [2.75, 3.05) is 13.1 Å². The van der Waals surface area contributed by atoms with Gasteiger partial charge >= 0.3 is 0 Å². The Labute approximate surface area is 148 Å². The van der Waals surface area contributed by atoms with Gasteiger partial charge in [0.25, 0.3) is 5.56 Å². The maximum atomic E-state index is 12.7. The van der Waals surface area contributed by atoms with Gasteiger partial charge in [-0.15, -0.1) is 11.3 Å². The Hall–Kier alpha value is -1.20. The van der Waals surface area contributed by atoms with Gasteiger partial charge in [0.1, 0.15) is 10.7 Å². The van der Waals surface area contributed by atoms with E-state index in [9.17, 15) is 4.79 Å². The minimum atomic E-state index is 0.0486. The van der Waals surface area contributed by atoms with Gasteiger partial charge in [-0.25, -0.2) is 4.98 Å². The lowest BCUT2D eigenvalue weighted by Gasteiger charge is -2.18. The fraction of sp³-hybridized carbons (Fsp3) is 0.684. The van der Waals surface area contributed by atoms with Crippen molar-refractivity contribution >= 4 is 21.6 Å². The number of rotatable bonds is 5. The van der Waals surface area contributed by atoms with Gasteiger partial charge in [0.05, 0.1) is 11.9 Å². The highest BCUT2D eigenvalue weighted by Crippen LogP contribution is 2.29. The van der Waals surface area contributed by atoms with Gasteiger partial charge in [-0.3, -0.25) is 9.69 Å². The number of aromatic nitrogens is 2. The number of aromatic amines is 1. The van der Waals surface area contributed by atoms with E-state index >= 15 is 0 Å². The van der Waals surface area contributed by atoms with E-state index in [0.717, 1.165) is 48.5 Å². The van der Waals surface area contributed by atoms with E-state index in [1.54, 1.807) is 11.3 Å². The van der Waals surface area contributed by atoms with Gasteiger partial charge in [-0.1, -0.05) is 33.1 Å². The van der Waals surface area contributed by atoms with E-state index in [0.29, 0.717) is 5.92 Å². The quantitative estimate of drug-likeness (QED) is 0.879. The molecule has 2 aromatic heterocycles. The smallest absolute Gasteiger partial charge is 0.259 e. The molecule has 2 aromatic rings. The maximum Gasteiger partial charge on any atom is 0.259 e. The molecule has 0 amide bonds. The predicted octanol–water partition coefficient (Wildman–Crippen LogP) is 4.26. The number of aryl methyl sites for hydroxylation is 1. The SMILES string of the molecule is CC[C@H](C)Cc1c(C)sc2nc(CN3CCCCCC3)[nH]c(=O)c12. The van der Waals surface area contributed by atoms with Crippen LogP contribution in [0.15, 0.2) is 4.79 Å². The van der Waals surface area contributed by atoms with Crippen molar-refractivity contribution in [3.63, 3.8) is 0 Å². The second kappa shape index (κ2) is 7.79. The Morgan fingerprint density at radius 2 is 1.96 bits per heavy atom.